The van der Waals surface area contributed by atoms with Crippen LogP contribution in [0, 0.1) is 6.92 Å². The van der Waals surface area contributed by atoms with Crippen LogP contribution in [0.25, 0.3) is 0 Å². The van der Waals surface area contributed by atoms with Gasteiger partial charge in [0, 0.05) is 5.69 Å². The number of nitrogens with one attached hydrogen (secondary N) is 1. The molecule has 7 nitrogen and oxygen atoms in total. The number of ether oxygens (including phenoxy) is 2. The van der Waals surface area contributed by atoms with Gasteiger partial charge in [-0.25, -0.2) is 8.42 Å². The fraction of sp³-hybridized carbons (Fsp3) is 0.350. The molecule has 0 aromatic heterocycles. The van der Waals surface area contributed by atoms with Gasteiger partial charge in [0.15, 0.2) is 0 Å². The first kappa shape index (κ1) is 21.6. The minimum atomic E-state index is -3.75. The molecule has 152 valence electrons. The number of nitrogens with zero attached hydrogens (tertiary/aromatic N) is 1. The highest BCUT2D eigenvalue weighted by Crippen LogP contribution is 2.33. The summed E-state index contributed by atoms with van der Waals surface area (Å²) in [6, 6.07) is 11.1. The van der Waals surface area contributed by atoms with Crippen molar-refractivity contribution in [3.05, 3.63) is 48.0 Å². The van der Waals surface area contributed by atoms with E-state index in [9.17, 15) is 13.2 Å². The molecule has 0 fully saturated rings. The number of hydrogen-bond acceptors (Lipinski definition) is 5. The van der Waals surface area contributed by atoms with Gasteiger partial charge in [-0.2, -0.15) is 0 Å². The Morgan fingerprint density at radius 1 is 1.18 bits per heavy atom. The van der Waals surface area contributed by atoms with Gasteiger partial charge in [-0.3, -0.25) is 9.10 Å². The van der Waals surface area contributed by atoms with Crippen LogP contribution in [0.2, 0.25) is 0 Å². The lowest BCUT2D eigenvalue weighted by Gasteiger charge is -2.29. The molecule has 1 N–H and O–H groups in total. The average Bonchev–Trinajstić information content (AvgIpc) is 2.62. The summed E-state index contributed by atoms with van der Waals surface area (Å²) in [6.45, 7) is 5.81. The van der Waals surface area contributed by atoms with Gasteiger partial charge in [-0.05, 0) is 62.7 Å². The number of benzene rings is 2. The molecule has 0 aliphatic rings. The Morgan fingerprint density at radius 3 is 2.36 bits per heavy atom. The lowest BCUT2D eigenvalue weighted by molar-refractivity contribution is -0.116. The Balaban J connectivity index is 2.32. The van der Waals surface area contributed by atoms with E-state index in [-0.39, 0.29) is 0 Å². The van der Waals surface area contributed by atoms with Gasteiger partial charge in [0.2, 0.25) is 15.9 Å². The van der Waals surface area contributed by atoms with Crippen LogP contribution in [0.5, 0.6) is 11.5 Å². The second-order valence-electron chi connectivity index (χ2n) is 6.36. The molecule has 2 aromatic carbocycles. The highest BCUT2D eigenvalue weighted by molar-refractivity contribution is 7.92. The molecule has 0 heterocycles. The second-order valence-corrected chi connectivity index (χ2v) is 8.22. The number of amides is 1. The van der Waals surface area contributed by atoms with Crippen LogP contribution in [0.4, 0.5) is 11.4 Å². The summed E-state index contributed by atoms with van der Waals surface area (Å²) < 4.78 is 36.8. The van der Waals surface area contributed by atoms with Crippen molar-refractivity contribution in [1.82, 2.24) is 0 Å². The molecule has 2 rings (SSSR count). The van der Waals surface area contributed by atoms with E-state index in [4.69, 9.17) is 9.47 Å². The maximum atomic E-state index is 12.8. The summed E-state index contributed by atoms with van der Waals surface area (Å²) in [5.41, 5.74) is 1.72. The summed E-state index contributed by atoms with van der Waals surface area (Å²) in [4.78, 5) is 12.8. The second kappa shape index (κ2) is 8.97. The minimum absolute atomic E-state index is 0.319. The Labute approximate surface area is 166 Å². The molecule has 0 spiro atoms. The maximum absolute atomic E-state index is 12.8. The van der Waals surface area contributed by atoms with Crippen molar-refractivity contribution in [2.75, 3.05) is 29.6 Å². The molecule has 0 unspecified atom stereocenters. The number of methoxy groups -OCH3 is 1. The largest absolute Gasteiger partial charge is 0.495 e. The number of hydrogen-bond donors (Lipinski definition) is 1. The Morgan fingerprint density at radius 2 is 1.82 bits per heavy atom. The Kier molecular flexibility index (Phi) is 6.90. The normalized spacial score (nSPS) is 12.2. The first-order valence-electron chi connectivity index (χ1n) is 8.85. The summed E-state index contributed by atoms with van der Waals surface area (Å²) in [7, 11) is -2.29. The molecule has 2 aromatic rings. The van der Waals surface area contributed by atoms with Crippen LogP contribution >= 0.6 is 0 Å². The van der Waals surface area contributed by atoms with Gasteiger partial charge >= 0.3 is 0 Å². The number of anilines is 2. The molecule has 0 radical (unpaired) electrons. The van der Waals surface area contributed by atoms with Crippen LogP contribution in [0.1, 0.15) is 19.4 Å². The van der Waals surface area contributed by atoms with E-state index in [0.29, 0.717) is 29.5 Å². The van der Waals surface area contributed by atoms with E-state index < -0.39 is 22.0 Å². The third kappa shape index (κ3) is 5.16. The summed E-state index contributed by atoms with van der Waals surface area (Å²) in [6.07, 6.45) is 1.06. The molecule has 1 amide bonds. The molecule has 1 atom stereocenters. The zero-order valence-corrected chi connectivity index (χ0v) is 17.5. The molecule has 0 bridgehead atoms. The van der Waals surface area contributed by atoms with Crippen molar-refractivity contribution in [2.45, 2.75) is 26.8 Å². The van der Waals surface area contributed by atoms with Gasteiger partial charge in [0.05, 0.1) is 25.7 Å². The third-order valence-electron chi connectivity index (χ3n) is 4.09. The van der Waals surface area contributed by atoms with E-state index in [1.165, 1.54) is 14.0 Å². The topological polar surface area (TPSA) is 84.9 Å². The first-order valence-corrected chi connectivity index (χ1v) is 10.7. The van der Waals surface area contributed by atoms with Gasteiger partial charge in [-0.1, -0.05) is 6.07 Å². The van der Waals surface area contributed by atoms with Gasteiger partial charge < -0.3 is 14.8 Å². The lowest BCUT2D eigenvalue weighted by Crippen LogP contribution is -2.45. The first-order chi connectivity index (χ1) is 13.2. The molecule has 28 heavy (non-hydrogen) atoms. The van der Waals surface area contributed by atoms with Gasteiger partial charge in [0.25, 0.3) is 0 Å². The van der Waals surface area contributed by atoms with Crippen LogP contribution < -0.4 is 19.1 Å². The summed E-state index contributed by atoms with van der Waals surface area (Å²) in [5, 5.41) is 2.74. The predicted octanol–water partition coefficient (Wildman–Crippen LogP) is 3.20. The zero-order valence-electron chi connectivity index (χ0n) is 16.7. The highest BCUT2D eigenvalue weighted by atomic mass is 32.2. The van der Waals surface area contributed by atoms with Crippen LogP contribution in [0.15, 0.2) is 42.5 Å². The van der Waals surface area contributed by atoms with Crippen LogP contribution in [0.3, 0.4) is 0 Å². The Hall–Kier alpha value is -2.74. The Bertz CT molecular complexity index is 926. The zero-order chi connectivity index (χ0) is 20.9. The molecule has 0 saturated carbocycles. The summed E-state index contributed by atoms with van der Waals surface area (Å²) in [5.74, 6) is 0.602. The summed E-state index contributed by atoms with van der Waals surface area (Å²) >= 11 is 0. The van der Waals surface area contributed by atoms with Crippen molar-refractivity contribution in [3.63, 3.8) is 0 Å². The number of carbonyl (C=O) groups is 1. The predicted molar refractivity (Wildman–Crippen MR) is 111 cm³/mol. The van der Waals surface area contributed by atoms with Crippen molar-refractivity contribution in [3.8, 4) is 11.5 Å². The van der Waals surface area contributed by atoms with Gasteiger partial charge in [-0.15, -0.1) is 0 Å². The molecule has 0 saturated heterocycles. The monoisotopic (exact) mass is 406 g/mol. The van der Waals surface area contributed by atoms with Gasteiger partial charge in [0.1, 0.15) is 17.5 Å². The molecule has 0 aliphatic carbocycles. The molecule has 8 heteroatoms. The van der Waals surface area contributed by atoms with Crippen molar-refractivity contribution < 1.29 is 22.7 Å². The minimum Gasteiger partial charge on any atom is -0.495 e. The van der Waals surface area contributed by atoms with Crippen LogP contribution in [-0.2, 0) is 14.8 Å². The standard InChI is InChI=1S/C20H26N2O5S/c1-6-27-17-10-8-16(9-11-17)21-20(23)15(3)22(28(5,24)25)18-13-14(2)7-12-19(18)26-4/h7-13,15H,6H2,1-5H3,(H,21,23)/t15-/m0/s1. The molecule has 0 aliphatic heterocycles. The van der Waals surface area contributed by atoms with E-state index in [0.717, 1.165) is 16.1 Å². The fourth-order valence-electron chi connectivity index (χ4n) is 2.80. The van der Waals surface area contributed by atoms with Crippen molar-refractivity contribution in [2.24, 2.45) is 0 Å². The number of carbonyl (C=O) groups excluding carboxylic acids is 1. The van der Waals surface area contributed by atoms with Crippen molar-refractivity contribution >= 4 is 27.3 Å². The lowest BCUT2D eigenvalue weighted by atomic mass is 10.2. The SMILES string of the molecule is CCOc1ccc(NC(=O)[C@H](C)N(c2cc(C)ccc2OC)S(C)(=O)=O)cc1. The van der Waals surface area contributed by atoms with E-state index in [2.05, 4.69) is 5.32 Å². The average molecular weight is 407 g/mol. The molecular formula is C20H26N2O5S. The molecular weight excluding hydrogens is 380 g/mol. The van der Waals surface area contributed by atoms with Crippen molar-refractivity contribution in [1.29, 1.82) is 0 Å². The number of aryl methyl sites for hydroxylation is 1. The quantitative estimate of drug-likeness (QED) is 0.728. The number of sulfonamides is 1. The van der Waals surface area contributed by atoms with E-state index >= 15 is 0 Å². The van der Waals surface area contributed by atoms with Crippen LogP contribution in [-0.4, -0.2) is 40.3 Å². The fourth-order valence-corrected chi connectivity index (χ4v) is 3.97. The smallest absolute Gasteiger partial charge is 0.247 e. The third-order valence-corrected chi connectivity index (χ3v) is 5.32. The maximum Gasteiger partial charge on any atom is 0.247 e. The van der Waals surface area contributed by atoms with E-state index in [1.807, 2.05) is 19.9 Å². The number of rotatable bonds is 8. The van der Waals surface area contributed by atoms with E-state index in [1.54, 1.807) is 36.4 Å². The highest BCUT2D eigenvalue weighted by Gasteiger charge is 2.31.